The van der Waals surface area contributed by atoms with Gasteiger partial charge in [-0.1, -0.05) is 77.0 Å². The molecule has 210 valence electrons. The number of hydrogen-bond donors (Lipinski definition) is 4. The molecule has 0 aliphatic heterocycles. The number of carbonyl (C=O) groups is 4. The summed E-state index contributed by atoms with van der Waals surface area (Å²) in [7, 11) is 0. The molecule has 0 aromatic carbocycles. The normalized spacial score (nSPS) is 15.7. The fourth-order valence-corrected chi connectivity index (χ4v) is 4.41. The van der Waals surface area contributed by atoms with E-state index in [1.807, 2.05) is 52.0 Å². The smallest absolute Gasteiger partial charge is 0.248 e. The van der Waals surface area contributed by atoms with Crippen LogP contribution in [0.4, 0.5) is 0 Å². The number of nitrogens with one attached hydrogen (secondary N) is 4. The largest absolute Gasteiger partial charge is 0.354 e. The number of hydrogen-bond acceptors (Lipinski definition) is 4. The Hall–Kier alpha value is -3.16. The van der Waals surface area contributed by atoms with Gasteiger partial charge in [0, 0.05) is 24.2 Å². The summed E-state index contributed by atoms with van der Waals surface area (Å²) in [6.45, 7) is 9.23. The van der Waals surface area contributed by atoms with Crippen LogP contribution in [0.15, 0.2) is 47.6 Å². The first-order chi connectivity index (χ1) is 18.2. The summed E-state index contributed by atoms with van der Waals surface area (Å²) in [5.74, 6) is -0.0905. The van der Waals surface area contributed by atoms with E-state index < -0.39 is 12.1 Å². The number of allylic oxidation sites excluding steroid dienone is 6. The zero-order valence-electron chi connectivity index (χ0n) is 23.5. The van der Waals surface area contributed by atoms with Crippen LogP contribution < -0.4 is 21.3 Å². The lowest BCUT2D eigenvalue weighted by molar-refractivity contribution is -0.128. The molecule has 0 aromatic rings. The summed E-state index contributed by atoms with van der Waals surface area (Å²) in [5.41, 5.74) is 1.36. The first-order valence-corrected chi connectivity index (χ1v) is 14.1. The van der Waals surface area contributed by atoms with E-state index in [1.54, 1.807) is 12.2 Å². The van der Waals surface area contributed by atoms with E-state index in [0.29, 0.717) is 49.9 Å². The molecule has 0 radical (unpaired) electrons. The Kier molecular flexibility index (Phi) is 13.6. The van der Waals surface area contributed by atoms with Crippen LogP contribution in [-0.2, 0) is 19.2 Å². The van der Waals surface area contributed by atoms with E-state index in [9.17, 15) is 19.2 Å². The van der Waals surface area contributed by atoms with Gasteiger partial charge in [-0.25, -0.2) is 0 Å². The van der Waals surface area contributed by atoms with Crippen molar-refractivity contribution in [1.29, 1.82) is 0 Å². The fourth-order valence-electron chi connectivity index (χ4n) is 4.41. The molecule has 4 N–H and O–H groups in total. The third kappa shape index (κ3) is 11.5. The van der Waals surface area contributed by atoms with Gasteiger partial charge in [-0.3, -0.25) is 19.2 Å². The molecule has 38 heavy (non-hydrogen) atoms. The van der Waals surface area contributed by atoms with Gasteiger partial charge in [0.05, 0.1) is 0 Å². The minimum atomic E-state index is -0.542. The third-order valence-electron chi connectivity index (χ3n) is 6.49. The fraction of sp³-hybridized carbons (Fsp3) is 0.600. The van der Waals surface area contributed by atoms with Gasteiger partial charge in [0.2, 0.25) is 23.6 Å². The van der Waals surface area contributed by atoms with Gasteiger partial charge < -0.3 is 21.3 Å². The van der Waals surface area contributed by atoms with Crippen LogP contribution in [0.2, 0.25) is 0 Å². The van der Waals surface area contributed by atoms with Gasteiger partial charge in [-0.05, 0) is 50.4 Å². The lowest BCUT2D eigenvalue weighted by Crippen LogP contribution is -2.48. The van der Waals surface area contributed by atoms with Crippen molar-refractivity contribution in [3.8, 4) is 0 Å². The third-order valence-corrected chi connectivity index (χ3v) is 6.49. The molecule has 8 nitrogen and oxygen atoms in total. The highest BCUT2D eigenvalue weighted by Gasteiger charge is 2.24. The van der Waals surface area contributed by atoms with Gasteiger partial charge in [0.1, 0.15) is 12.1 Å². The van der Waals surface area contributed by atoms with Crippen LogP contribution >= 0.6 is 0 Å². The lowest BCUT2D eigenvalue weighted by Gasteiger charge is -2.21. The van der Waals surface area contributed by atoms with Crippen molar-refractivity contribution >= 4 is 23.6 Å². The highest BCUT2D eigenvalue weighted by atomic mass is 16.2. The average molecular weight is 527 g/mol. The minimum Gasteiger partial charge on any atom is -0.354 e. The van der Waals surface area contributed by atoms with E-state index in [1.165, 1.54) is 0 Å². The van der Waals surface area contributed by atoms with Gasteiger partial charge in [-0.15, -0.1) is 0 Å². The van der Waals surface area contributed by atoms with Crippen LogP contribution in [-0.4, -0.2) is 48.8 Å². The Balaban J connectivity index is 1.63. The predicted octanol–water partition coefficient (Wildman–Crippen LogP) is 3.61. The molecule has 0 aromatic heterocycles. The summed E-state index contributed by atoms with van der Waals surface area (Å²) >= 11 is 0. The van der Waals surface area contributed by atoms with E-state index in [4.69, 9.17) is 0 Å². The van der Waals surface area contributed by atoms with Crippen molar-refractivity contribution in [1.82, 2.24) is 21.3 Å². The molecule has 0 unspecified atom stereocenters. The minimum absolute atomic E-state index is 0.145. The Bertz CT molecular complexity index is 870. The second-order valence-corrected chi connectivity index (χ2v) is 11.0. The van der Waals surface area contributed by atoms with Crippen molar-refractivity contribution in [3.63, 3.8) is 0 Å². The predicted molar refractivity (Wildman–Crippen MR) is 151 cm³/mol. The topological polar surface area (TPSA) is 116 Å². The van der Waals surface area contributed by atoms with Crippen molar-refractivity contribution in [3.05, 3.63) is 47.6 Å². The molecule has 2 aliphatic rings. The summed E-state index contributed by atoms with van der Waals surface area (Å²) in [5, 5.41) is 11.7. The average Bonchev–Trinajstić information content (AvgIpc) is 3.58. The van der Waals surface area contributed by atoms with Gasteiger partial charge in [0.25, 0.3) is 0 Å². The molecule has 2 atom stereocenters. The number of carbonyl (C=O) groups excluding carboxylic acids is 4. The Morgan fingerprint density at radius 1 is 0.658 bits per heavy atom. The van der Waals surface area contributed by atoms with Crippen LogP contribution in [0.25, 0.3) is 0 Å². The molecule has 2 aliphatic carbocycles. The molecule has 0 heterocycles. The van der Waals surface area contributed by atoms with Crippen LogP contribution in [0, 0.1) is 11.8 Å². The van der Waals surface area contributed by atoms with E-state index in [0.717, 1.165) is 25.7 Å². The number of unbranched alkanes of at least 4 members (excludes halogenated alkanes) is 3. The second kappa shape index (κ2) is 16.6. The van der Waals surface area contributed by atoms with E-state index >= 15 is 0 Å². The highest BCUT2D eigenvalue weighted by molar-refractivity contribution is 5.98. The maximum atomic E-state index is 12.7. The zero-order valence-corrected chi connectivity index (χ0v) is 23.5. The first-order valence-electron chi connectivity index (χ1n) is 14.1. The standard InChI is InChI=1S/C30H46N4O4/c1-21(2)19-25(33-27(35)23-13-7-8-14-23)29(37)31-17-11-5-6-12-18-32-30(38)26(20-22(3)4)34-28(36)24-15-9-10-16-24/h7-10,13,15,21-22,25-26H,5-6,11-12,14,16-20H2,1-4H3,(H,31,37)(H,32,38)(H,33,35)(H,34,36)/t25-,26-/m0/s1. The molecule has 8 heteroatoms. The van der Waals surface area contributed by atoms with Crippen molar-refractivity contribution in [2.45, 2.75) is 91.1 Å². The number of rotatable bonds is 17. The van der Waals surface area contributed by atoms with Crippen LogP contribution in [0.3, 0.4) is 0 Å². The molecular weight excluding hydrogens is 480 g/mol. The molecule has 0 saturated heterocycles. The Labute approximate surface area is 227 Å². The quantitative estimate of drug-likeness (QED) is 0.217. The molecule has 2 rings (SSSR count). The molecule has 0 fully saturated rings. The van der Waals surface area contributed by atoms with Crippen LogP contribution in [0.5, 0.6) is 0 Å². The number of amides is 4. The zero-order chi connectivity index (χ0) is 27.9. The summed E-state index contributed by atoms with van der Waals surface area (Å²) in [6.07, 6.45) is 17.0. The van der Waals surface area contributed by atoms with Gasteiger partial charge in [-0.2, -0.15) is 0 Å². The van der Waals surface area contributed by atoms with Crippen molar-refractivity contribution in [2.24, 2.45) is 11.8 Å². The lowest BCUT2D eigenvalue weighted by atomic mass is 10.0. The monoisotopic (exact) mass is 526 g/mol. The summed E-state index contributed by atoms with van der Waals surface area (Å²) in [6, 6.07) is -1.08. The van der Waals surface area contributed by atoms with E-state index in [2.05, 4.69) is 21.3 Å². The Morgan fingerprint density at radius 3 is 1.37 bits per heavy atom. The van der Waals surface area contributed by atoms with Crippen LogP contribution in [0.1, 0.15) is 79.1 Å². The highest BCUT2D eigenvalue weighted by Crippen LogP contribution is 2.13. The van der Waals surface area contributed by atoms with Gasteiger partial charge in [0.15, 0.2) is 0 Å². The maximum Gasteiger partial charge on any atom is 0.248 e. The maximum absolute atomic E-state index is 12.7. The first kappa shape index (κ1) is 31.1. The molecule has 4 amide bonds. The second-order valence-electron chi connectivity index (χ2n) is 11.0. The Morgan fingerprint density at radius 2 is 1.05 bits per heavy atom. The van der Waals surface area contributed by atoms with Crippen molar-refractivity contribution < 1.29 is 19.2 Å². The van der Waals surface area contributed by atoms with Gasteiger partial charge >= 0.3 is 0 Å². The van der Waals surface area contributed by atoms with E-state index in [-0.39, 0.29) is 35.5 Å². The molecule has 0 saturated carbocycles. The molecule has 0 bridgehead atoms. The SMILES string of the molecule is CC(C)C[C@H](NC(=O)C1=CC=CC1)C(=O)NCCCCCCNC(=O)[C@H](CC(C)C)NC(=O)C1=CC=CC1. The molecule has 0 spiro atoms. The molecular formula is C30H46N4O4. The summed E-state index contributed by atoms with van der Waals surface area (Å²) in [4.78, 5) is 50.2. The summed E-state index contributed by atoms with van der Waals surface area (Å²) < 4.78 is 0. The van der Waals surface area contributed by atoms with Crippen molar-refractivity contribution in [2.75, 3.05) is 13.1 Å².